The van der Waals surface area contributed by atoms with E-state index in [1.54, 1.807) is 46.6 Å². The lowest BCUT2D eigenvalue weighted by atomic mass is 9.49. The number of halogens is 1. The van der Waals surface area contributed by atoms with E-state index in [1.807, 2.05) is 81.7 Å². The fourth-order valence-electron chi connectivity index (χ4n) is 10.8. The lowest BCUT2D eigenvalue weighted by molar-refractivity contribution is -0.164. The minimum Gasteiger partial charge on any atom is -0.490 e. The largest absolute Gasteiger partial charge is 0.490 e. The highest BCUT2D eigenvalue weighted by Gasteiger charge is 2.64. The summed E-state index contributed by atoms with van der Waals surface area (Å²) in [4.78, 5) is 50.9. The van der Waals surface area contributed by atoms with Crippen molar-refractivity contribution in [2.75, 3.05) is 31.1 Å². The van der Waals surface area contributed by atoms with Gasteiger partial charge in [-0.3, -0.25) is 19.1 Å². The lowest BCUT2D eigenvalue weighted by Crippen LogP contribution is -2.74. The Bertz CT molecular complexity index is 2670. The van der Waals surface area contributed by atoms with Crippen molar-refractivity contribution in [1.29, 1.82) is 5.26 Å². The summed E-state index contributed by atoms with van der Waals surface area (Å²) >= 11 is 7.86. The number of thiazole rings is 1. The Morgan fingerprint density at radius 2 is 1.68 bits per heavy atom. The predicted octanol–water partition coefficient (Wildman–Crippen LogP) is 8.78. The molecule has 3 N–H and O–H groups in total. The number of aliphatic hydroxyl groups is 1. The van der Waals surface area contributed by atoms with Crippen LogP contribution in [0.15, 0.2) is 84.6 Å². The Morgan fingerprint density at radius 3 is 2.30 bits per heavy atom. The van der Waals surface area contributed by atoms with Gasteiger partial charge in [0.15, 0.2) is 5.75 Å². The molecule has 0 bridgehead atoms. The number of β-amino-alcohol motifs (C(OH)–C–C–N with tert-alkyl or cyclic N) is 1. The molecule has 3 aliphatic rings. The zero-order chi connectivity index (χ0) is 49.4. The van der Waals surface area contributed by atoms with Crippen LogP contribution >= 0.6 is 22.9 Å². The van der Waals surface area contributed by atoms with Crippen molar-refractivity contribution < 1.29 is 29.0 Å². The van der Waals surface area contributed by atoms with Gasteiger partial charge in [-0.15, -0.1) is 11.3 Å². The van der Waals surface area contributed by atoms with Gasteiger partial charge in [0.1, 0.15) is 30.0 Å². The number of piperidine rings is 1. The van der Waals surface area contributed by atoms with E-state index in [4.69, 9.17) is 21.1 Å². The van der Waals surface area contributed by atoms with E-state index in [-0.39, 0.29) is 65.6 Å². The topological polar surface area (TPSA) is 175 Å². The lowest BCUT2D eigenvalue weighted by Gasteiger charge is -2.63. The third-order valence-corrected chi connectivity index (χ3v) is 15.7. The van der Waals surface area contributed by atoms with E-state index >= 15 is 0 Å². The standard InChI is InChI=1S/C53H63ClN8O6S/c1-31(2)45(49(66)61-27-40(63)23-44(61)48(65)58-32(3)35-9-11-36(12-10-35)46-33(4)56-30-69-46)62-28-42(26-57-62)67-29-34-19-21-60(22-20-34)39-16-13-37(14-17-39)47(64)59-50-52(5,6)51(53(50,7)8)68-41-18-15-38(25-55)43(54)24-41/h9-18,24,26,28,30-32,34,40,44-45,50-51,63H,19-23,27,29H2,1-8H3,(H,58,65)(H,59,64)/t32-,40+,44-,45-,50?,51?/m0/s1. The molecule has 2 aliphatic heterocycles. The number of ether oxygens (including phenoxy) is 2. The van der Waals surface area contributed by atoms with Gasteiger partial charge in [0.05, 0.1) is 57.8 Å². The monoisotopic (exact) mass is 974 g/mol. The minimum atomic E-state index is -0.818. The molecule has 2 aromatic heterocycles. The van der Waals surface area contributed by atoms with Crippen LogP contribution in [0.1, 0.15) is 107 Å². The normalized spacial score (nSPS) is 21.8. The molecule has 0 spiro atoms. The summed E-state index contributed by atoms with van der Waals surface area (Å²) in [5, 5.41) is 31.3. The summed E-state index contributed by atoms with van der Waals surface area (Å²) < 4.78 is 14.3. The number of rotatable bonds is 15. The van der Waals surface area contributed by atoms with Crippen LogP contribution in [0.4, 0.5) is 5.69 Å². The van der Waals surface area contributed by atoms with Crippen molar-refractivity contribution in [3.8, 4) is 28.0 Å². The third-order valence-electron chi connectivity index (χ3n) is 14.4. The number of carbonyl (C=O) groups excluding carboxylic acids is 3. The third kappa shape index (κ3) is 10.3. The smallest absolute Gasteiger partial charge is 0.251 e. The minimum absolute atomic E-state index is 0.0642. The fraction of sp³-hybridized carbons (Fsp3) is 0.472. The van der Waals surface area contributed by atoms with Crippen LogP contribution in [0.5, 0.6) is 11.5 Å². The second-order valence-electron chi connectivity index (χ2n) is 20.4. The maximum absolute atomic E-state index is 14.3. The van der Waals surface area contributed by atoms with E-state index in [2.05, 4.69) is 59.4 Å². The average molecular weight is 976 g/mol. The summed E-state index contributed by atoms with van der Waals surface area (Å²) in [6.07, 6.45) is 4.37. The predicted molar refractivity (Wildman–Crippen MR) is 267 cm³/mol. The molecule has 5 aromatic rings. The van der Waals surface area contributed by atoms with Gasteiger partial charge < -0.3 is 35.0 Å². The van der Waals surface area contributed by atoms with Crippen molar-refractivity contribution >= 4 is 46.3 Å². The van der Waals surface area contributed by atoms with Crippen LogP contribution in [-0.2, 0) is 9.59 Å². The van der Waals surface area contributed by atoms with Crippen molar-refractivity contribution in [2.45, 2.75) is 111 Å². The van der Waals surface area contributed by atoms with Gasteiger partial charge in [0, 0.05) is 60.2 Å². The van der Waals surface area contributed by atoms with Crippen LogP contribution < -0.4 is 25.0 Å². The van der Waals surface area contributed by atoms with Crippen LogP contribution in [-0.4, -0.2) is 93.0 Å². The zero-order valence-electron chi connectivity index (χ0n) is 40.6. The molecule has 2 saturated heterocycles. The number of benzene rings is 3. The number of nitrogens with zero attached hydrogens (tertiary/aromatic N) is 6. The van der Waals surface area contributed by atoms with Gasteiger partial charge in [0.2, 0.25) is 11.8 Å². The number of nitriles is 1. The molecule has 4 heterocycles. The number of hydrogen-bond acceptors (Lipinski definition) is 11. The first kappa shape index (κ1) is 49.5. The number of aryl methyl sites for hydroxylation is 1. The summed E-state index contributed by atoms with van der Waals surface area (Å²) in [6, 6.07) is 21.0. The molecule has 1 saturated carbocycles. The summed E-state index contributed by atoms with van der Waals surface area (Å²) in [5.41, 5.74) is 6.11. The molecule has 0 unspecified atom stereocenters. The molecule has 3 fully saturated rings. The molecular weight excluding hydrogens is 912 g/mol. The second kappa shape index (κ2) is 20.2. The Labute approximate surface area is 414 Å². The maximum atomic E-state index is 14.3. The summed E-state index contributed by atoms with van der Waals surface area (Å²) in [6.45, 7) is 18.4. The first-order valence-corrected chi connectivity index (χ1v) is 25.1. The molecule has 69 heavy (non-hydrogen) atoms. The number of carbonyl (C=O) groups is 3. The quantitative estimate of drug-likeness (QED) is 0.0920. The zero-order valence-corrected chi connectivity index (χ0v) is 42.2. The highest BCUT2D eigenvalue weighted by molar-refractivity contribution is 7.13. The molecule has 8 rings (SSSR count). The Balaban J connectivity index is 0.804. The molecule has 3 amide bonds. The Kier molecular flexibility index (Phi) is 14.5. The first-order chi connectivity index (χ1) is 32.8. The van der Waals surface area contributed by atoms with Gasteiger partial charge in [-0.1, -0.05) is 77.4 Å². The number of likely N-dealkylation sites (tertiary alicyclic amines) is 1. The summed E-state index contributed by atoms with van der Waals surface area (Å²) in [5.74, 6) is 0.611. The van der Waals surface area contributed by atoms with Crippen LogP contribution in [0.3, 0.4) is 0 Å². The Hall–Kier alpha value is -5.95. The van der Waals surface area contributed by atoms with E-state index in [0.29, 0.717) is 40.2 Å². The number of hydrogen-bond donors (Lipinski definition) is 3. The number of aromatic nitrogens is 3. The SMILES string of the molecule is Cc1ncsc1-c1ccc([C@H](C)NC(=O)[C@@H]2C[C@@H](O)CN2C(=O)[C@H](C(C)C)n2cc(OCC3CCN(c4ccc(C(=O)NC5C(C)(C)C(Oc6ccc(C#N)c(Cl)c6)C5(C)C)cc4)CC3)cn2)cc1. The highest BCUT2D eigenvalue weighted by Crippen LogP contribution is 2.55. The molecule has 4 atom stereocenters. The molecular formula is C53H63ClN8O6S. The summed E-state index contributed by atoms with van der Waals surface area (Å²) in [7, 11) is 0. The number of aliphatic hydroxyl groups excluding tert-OH is 1. The van der Waals surface area contributed by atoms with Gasteiger partial charge in [-0.2, -0.15) is 10.4 Å². The Morgan fingerprint density at radius 1 is 0.986 bits per heavy atom. The van der Waals surface area contributed by atoms with Crippen molar-refractivity contribution in [3.05, 3.63) is 112 Å². The van der Waals surface area contributed by atoms with E-state index in [1.165, 1.54) is 4.90 Å². The van der Waals surface area contributed by atoms with Crippen molar-refractivity contribution in [3.63, 3.8) is 0 Å². The molecule has 16 heteroatoms. The number of anilines is 1. The molecule has 364 valence electrons. The van der Waals surface area contributed by atoms with E-state index in [0.717, 1.165) is 53.3 Å². The van der Waals surface area contributed by atoms with Crippen molar-refractivity contribution in [2.24, 2.45) is 22.7 Å². The molecule has 0 radical (unpaired) electrons. The van der Waals surface area contributed by atoms with Crippen LogP contribution in [0, 0.1) is 40.9 Å². The van der Waals surface area contributed by atoms with E-state index < -0.39 is 18.2 Å². The molecule has 14 nitrogen and oxygen atoms in total. The average Bonchev–Trinajstić information content (AvgIpc) is 4.09. The highest BCUT2D eigenvalue weighted by atomic mass is 35.5. The maximum Gasteiger partial charge on any atom is 0.251 e. The van der Waals surface area contributed by atoms with Gasteiger partial charge >= 0.3 is 0 Å². The van der Waals surface area contributed by atoms with Crippen LogP contribution in [0.2, 0.25) is 5.02 Å². The molecule has 1 aliphatic carbocycles. The second-order valence-corrected chi connectivity index (χ2v) is 21.7. The van der Waals surface area contributed by atoms with Gasteiger partial charge in [-0.25, -0.2) is 4.98 Å². The van der Waals surface area contributed by atoms with Crippen molar-refractivity contribution in [1.82, 2.24) is 30.3 Å². The first-order valence-electron chi connectivity index (χ1n) is 23.8. The van der Waals surface area contributed by atoms with Crippen LogP contribution in [0.25, 0.3) is 10.4 Å². The molecule has 3 aromatic carbocycles. The number of amides is 3. The van der Waals surface area contributed by atoms with E-state index in [9.17, 15) is 24.8 Å². The fourth-order valence-corrected chi connectivity index (χ4v) is 11.9. The number of nitrogens with one attached hydrogen (secondary N) is 2. The van der Waals surface area contributed by atoms with Gasteiger partial charge in [0.25, 0.3) is 5.91 Å². The van der Waals surface area contributed by atoms with Gasteiger partial charge in [-0.05, 0) is 86.1 Å².